The van der Waals surface area contributed by atoms with Gasteiger partial charge in [0.2, 0.25) is 0 Å². The standard InChI is InChI=1S/C15H21N/c1-10-6-7-15(16)14-9-12-5-3-2-4-11(12)8-13(10)14/h8-10,15H,2-7,16H2,1H3/t10?,15-/m1/s1. The molecular weight excluding hydrogens is 194 g/mol. The molecule has 86 valence electrons. The Labute approximate surface area is 98.0 Å². The summed E-state index contributed by atoms with van der Waals surface area (Å²) in [7, 11) is 0. The molecule has 0 bridgehead atoms. The molecule has 2 aliphatic carbocycles. The Morgan fingerprint density at radius 3 is 2.31 bits per heavy atom. The molecule has 3 rings (SSSR count). The van der Waals surface area contributed by atoms with E-state index in [2.05, 4.69) is 19.1 Å². The van der Waals surface area contributed by atoms with Crippen LogP contribution in [0.25, 0.3) is 0 Å². The smallest absolute Gasteiger partial charge is 0.0297 e. The van der Waals surface area contributed by atoms with Crippen LogP contribution >= 0.6 is 0 Å². The largest absolute Gasteiger partial charge is 0.324 e. The molecule has 16 heavy (non-hydrogen) atoms. The van der Waals surface area contributed by atoms with Crippen molar-refractivity contribution in [2.24, 2.45) is 5.73 Å². The predicted octanol–water partition coefficient (Wildman–Crippen LogP) is 3.46. The lowest BCUT2D eigenvalue weighted by Crippen LogP contribution is -2.21. The maximum Gasteiger partial charge on any atom is 0.0297 e. The van der Waals surface area contributed by atoms with Crippen LogP contribution in [-0.4, -0.2) is 0 Å². The van der Waals surface area contributed by atoms with Gasteiger partial charge in [-0.3, -0.25) is 0 Å². The number of hydrogen-bond acceptors (Lipinski definition) is 1. The van der Waals surface area contributed by atoms with Gasteiger partial charge in [-0.05, 0) is 66.7 Å². The van der Waals surface area contributed by atoms with Crippen molar-refractivity contribution in [1.29, 1.82) is 0 Å². The highest BCUT2D eigenvalue weighted by Gasteiger charge is 2.24. The topological polar surface area (TPSA) is 26.0 Å². The van der Waals surface area contributed by atoms with Crippen molar-refractivity contribution in [3.8, 4) is 0 Å². The van der Waals surface area contributed by atoms with E-state index in [0.717, 1.165) is 6.42 Å². The number of nitrogens with two attached hydrogens (primary N) is 1. The van der Waals surface area contributed by atoms with Crippen LogP contribution < -0.4 is 5.73 Å². The molecule has 0 fully saturated rings. The minimum absolute atomic E-state index is 0.290. The zero-order valence-corrected chi connectivity index (χ0v) is 10.1. The summed E-state index contributed by atoms with van der Waals surface area (Å²) in [5, 5.41) is 0. The fourth-order valence-electron chi connectivity index (χ4n) is 3.31. The van der Waals surface area contributed by atoms with E-state index < -0.39 is 0 Å². The van der Waals surface area contributed by atoms with Crippen LogP contribution in [0.3, 0.4) is 0 Å². The third kappa shape index (κ3) is 1.58. The summed E-state index contributed by atoms with van der Waals surface area (Å²) >= 11 is 0. The predicted molar refractivity (Wildman–Crippen MR) is 67.7 cm³/mol. The van der Waals surface area contributed by atoms with E-state index in [1.165, 1.54) is 37.7 Å². The van der Waals surface area contributed by atoms with Crippen LogP contribution in [0.2, 0.25) is 0 Å². The van der Waals surface area contributed by atoms with E-state index in [-0.39, 0.29) is 0 Å². The van der Waals surface area contributed by atoms with E-state index >= 15 is 0 Å². The van der Waals surface area contributed by atoms with Gasteiger partial charge in [-0.1, -0.05) is 19.1 Å². The Bertz CT molecular complexity index is 369. The van der Waals surface area contributed by atoms with Gasteiger partial charge in [0.25, 0.3) is 0 Å². The molecular formula is C15H21N. The Morgan fingerprint density at radius 2 is 1.62 bits per heavy atom. The molecule has 2 aliphatic rings. The highest BCUT2D eigenvalue weighted by molar-refractivity contribution is 5.44. The molecule has 0 saturated carbocycles. The van der Waals surface area contributed by atoms with Gasteiger partial charge in [-0.15, -0.1) is 0 Å². The van der Waals surface area contributed by atoms with Crippen molar-refractivity contribution < 1.29 is 0 Å². The van der Waals surface area contributed by atoms with Gasteiger partial charge in [-0.25, -0.2) is 0 Å². The molecule has 0 radical (unpaired) electrons. The van der Waals surface area contributed by atoms with Crippen molar-refractivity contribution in [1.82, 2.24) is 0 Å². The highest BCUT2D eigenvalue weighted by atomic mass is 14.6. The SMILES string of the molecule is CC1CC[C@@H](N)c2cc3c(cc21)CCCC3. The molecule has 1 nitrogen and oxygen atoms in total. The van der Waals surface area contributed by atoms with Crippen molar-refractivity contribution in [3.63, 3.8) is 0 Å². The molecule has 1 heteroatoms. The van der Waals surface area contributed by atoms with Crippen LogP contribution in [0.5, 0.6) is 0 Å². The Hall–Kier alpha value is -0.820. The quantitative estimate of drug-likeness (QED) is 0.704. The van der Waals surface area contributed by atoms with Gasteiger partial charge in [0.15, 0.2) is 0 Å². The summed E-state index contributed by atoms with van der Waals surface area (Å²) in [4.78, 5) is 0. The first-order valence-corrected chi connectivity index (χ1v) is 6.67. The van der Waals surface area contributed by atoms with Crippen LogP contribution in [0.15, 0.2) is 12.1 Å². The van der Waals surface area contributed by atoms with Gasteiger partial charge < -0.3 is 5.73 Å². The molecule has 1 aromatic carbocycles. The van der Waals surface area contributed by atoms with Crippen molar-refractivity contribution in [3.05, 3.63) is 34.4 Å². The van der Waals surface area contributed by atoms with Crippen molar-refractivity contribution in [2.45, 2.75) is 57.4 Å². The minimum Gasteiger partial charge on any atom is -0.324 e. The van der Waals surface area contributed by atoms with Crippen LogP contribution in [0.4, 0.5) is 0 Å². The minimum atomic E-state index is 0.290. The molecule has 0 aromatic heterocycles. The van der Waals surface area contributed by atoms with Gasteiger partial charge in [0.1, 0.15) is 0 Å². The number of fused-ring (bicyclic) bond motifs is 2. The molecule has 0 saturated heterocycles. The average molecular weight is 215 g/mol. The third-order valence-corrected chi connectivity index (χ3v) is 4.39. The molecule has 0 heterocycles. The van der Waals surface area contributed by atoms with E-state index in [1.54, 1.807) is 16.7 Å². The normalized spacial score (nSPS) is 28.4. The number of hydrogen-bond donors (Lipinski definition) is 1. The Kier molecular flexibility index (Phi) is 2.51. The molecule has 0 aliphatic heterocycles. The summed E-state index contributed by atoms with van der Waals surface area (Å²) in [5.41, 5.74) is 12.4. The summed E-state index contributed by atoms with van der Waals surface area (Å²) in [6.45, 7) is 2.35. The Balaban J connectivity index is 2.11. The van der Waals surface area contributed by atoms with Crippen LogP contribution in [0, 0.1) is 0 Å². The summed E-state index contributed by atoms with van der Waals surface area (Å²) in [5.74, 6) is 0.710. The second-order valence-corrected chi connectivity index (χ2v) is 5.54. The second-order valence-electron chi connectivity index (χ2n) is 5.54. The molecule has 2 atom stereocenters. The van der Waals surface area contributed by atoms with E-state index in [4.69, 9.17) is 5.73 Å². The van der Waals surface area contributed by atoms with Crippen LogP contribution in [0.1, 0.15) is 66.8 Å². The summed E-state index contributed by atoms with van der Waals surface area (Å²) in [6, 6.07) is 5.18. The lowest BCUT2D eigenvalue weighted by molar-refractivity contribution is 0.510. The molecule has 0 amide bonds. The van der Waals surface area contributed by atoms with E-state index in [1.807, 2.05) is 0 Å². The number of aryl methyl sites for hydroxylation is 2. The van der Waals surface area contributed by atoms with Gasteiger partial charge in [-0.2, -0.15) is 0 Å². The Morgan fingerprint density at radius 1 is 1.00 bits per heavy atom. The fraction of sp³-hybridized carbons (Fsp3) is 0.600. The first kappa shape index (κ1) is 10.3. The third-order valence-electron chi connectivity index (χ3n) is 4.39. The summed E-state index contributed by atoms with van der Waals surface area (Å²) < 4.78 is 0. The first-order chi connectivity index (χ1) is 7.75. The fourth-order valence-corrected chi connectivity index (χ4v) is 3.31. The van der Waals surface area contributed by atoms with Crippen LogP contribution in [-0.2, 0) is 12.8 Å². The molecule has 1 aromatic rings. The zero-order valence-electron chi connectivity index (χ0n) is 10.1. The molecule has 0 spiro atoms. The summed E-state index contributed by atoms with van der Waals surface area (Å²) in [6.07, 6.45) is 7.69. The van der Waals surface area contributed by atoms with Gasteiger partial charge in [0, 0.05) is 6.04 Å². The first-order valence-electron chi connectivity index (χ1n) is 6.67. The van der Waals surface area contributed by atoms with Gasteiger partial charge in [0.05, 0.1) is 0 Å². The molecule has 2 N–H and O–H groups in total. The van der Waals surface area contributed by atoms with Gasteiger partial charge >= 0.3 is 0 Å². The van der Waals surface area contributed by atoms with Crippen molar-refractivity contribution >= 4 is 0 Å². The molecule has 1 unspecified atom stereocenters. The number of rotatable bonds is 0. The van der Waals surface area contributed by atoms with Crippen molar-refractivity contribution in [2.75, 3.05) is 0 Å². The lowest BCUT2D eigenvalue weighted by atomic mass is 9.77. The zero-order chi connectivity index (χ0) is 11.1. The maximum atomic E-state index is 6.24. The lowest BCUT2D eigenvalue weighted by Gasteiger charge is -2.30. The van der Waals surface area contributed by atoms with E-state index in [9.17, 15) is 0 Å². The average Bonchev–Trinajstić information content (AvgIpc) is 2.32. The highest BCUT2D eigenvalue weighted by Crippen LogP contribution is 2.38. The van der Waals surface area contributed by atoms with E-state index in [0.29, 0.717) is 12.0 Å². The number of benzene rings is 1. The monoisotopic (exact) mass is 215 g/mol. The second kappa shape index (κ2) is 3.89. The maximum absolute atomic E-state index is 6.24.